The van der Waals surface area contributed by atoms with Crippen LogP contribution in [-0.4, -0.2) is 22.3 Å². The topological polar surface area (TPSA) is 65.2 Å². The molecule has 3 atom stereocenters. The number of hydrogen-bond donors (Lipinski definition) is 0. The van der Waals surface area contributed by atoms with E-state index in [-0.39, 0.29) is 18.5 Å². The molecule has 0 aromatic carbocycles. The number of nitrogens with zero attached hydrogens (tertiary/aromatic N) is 2. The number of carbonyl (C=O) groups excluding carboxylic acids is 1. The van der Waals surface area contributed by atoms with Gasteiger partial charge in [0.25, 0.3) is 0 Å². The van der Waals surface area contributed by atoms with Crippen LogP contribution in [0.1, 0.15) is 52.3 Å². The third-order valence-corrected chi connectivity index (χ3v) is 5.71. The first-order valence-corrected chi connectivity index (χ1v) is 10.0. The number of rotatable bonds is 6. The van der Waals surface area contributed by atoms with Crippen molar-refractivity contribution < 1.29 is 13.9 Å². The summed E-state index contributed by atoms with van der Waals surface area (Å²) in [5, 5.41) is 12.0. The van der Waals surface area contributed by atoms with Crippen molar-refractivity contribution in [2.45, 2.75) is 59.0 Å². The van der Waals surface area contributed by atoms with Gasteiger partial charge >= 0.3 is 5.97 Å². The first-order chi connectivity index (χ1) is 12.0. The summed E-state index contributed by atoms with van der Waals surface area (Å²) in [6.07, 6.45) is 4.08. The Morgan fingerprint density at radius 2 is 2.24 bits per heavy atom. The number of carbonyl (C=O) groups is 1. The van der Waals surface area contributed by atoms with Crippen LogP contribution in [0.25, 0.3) is 11.5 Å². The van der Waals surface area contributed by atoms with E-state index in [1.807, 2.05) is 16.8 Å². The molecule has 0 bridgehead atoms. The standard InChI is InChI=1S/C19H26N2O3S/c1-12(2)15-5-4-13(3)10-16(15)23-18(22)7-6-17-20-21-19(24-17)14-8-9-25-11-14/h8-9,11-13,15-16H,4-7,10H2,1-3H3/t13-,15+,16+/m0/s1. The van der Waals surface area contributed by atoms with Gasteiger partial charge in [0, 0.05) is 17.4 Å². The summed E-state index contributed by atoms with van der Waals surface area (Å²) in [4.78, 5) is 12.3. The second kappa shape index (κ2) is 8.13. The lowest BCUT2D eigenvalue weighted by atomic mass is 9.75. The van der Waals surface area contributed by atoms with E-state index in [1.165, 1.54) is 6.42 Å². The van der Waals surface area contributed by atoms with E-state index in [2.05, 4.69) is 31.0 Å². The van der Waals surface area contributed by atoms with Crippen molar-refractivity contribution in [2.75, 3.05) is 0 Å². The maximum atomic E-state index is 12.3. The number of hydrogen-bond acceptors (Lipinski definition) is 6. The van der Waals surface area contributed by atoms with Gasteiger partial charge in [-0.15, -0.1) is 10.2 Å². The molecule has 5 nitrogen and oxygen atoms in total. The summed E-state index contributed by atoms with van der Waals surface area (Å²) in [6.45, 7) is 6.67. The van der Waals surface area contributed by atoms with Crippen LogP contribution in [0.3, 0.4) is 0 Å². The Bertz CT molecular complexity index is 681. The van der Waals surface area contributed by atoms with Crippen molar-refractivity contribution in [2.24, 2.45) is 17.8 Å². The van der Waals surface area contributed by atoms with Crippen LogP contribution in [0.15, 0.2) is 21.2 Å². The zero-order valence-corrected chi connectivity index (χ0v) is 15.9. The Kier molecular flexibility index (Phi) is 5.89. The minimum atomic E-state index is -0.167. The van der Waals surface area contributed by atoms with Crippen molar-refractivity contribution in [1.82, 2.24) is 10.2 Å². The van der Waals surface area contributed by atoms with Crippen molar-refractivity contribution in [3.05, 3.63) is 22.7 Å². The molecule has 0 N–H and O–H groups in total. The normalized spacial score (nSPS) is 23.8. The summed E-state index contributed by atoms with van der Waals surface area (Å²) in [5.74, 6) is 2.45. The fourth-order valence-electron chi connectivity index (χ4n) is 3.54. The smallest absolute Gasteiger partial charge is 0.306 e. The van der Waals surface area contributed by atoms with Gasteiger partial charge in [-0.1, -0.05) is 27.2 Å². The van der Waals surface area contributed by atoms with E-state index in [9.17, 15) is 4.79 Å². The minimum Gasteiger partial charge on any atom is -0.462 e. The molecule has 0 unspecified atom stereocenters. The Morgan fingerprint density at radius 1 is 1.40 bits per heavy atom. The lowest BCUT2D eigenvalue weighted by Crippen LogP contribution is -2.35. The van der Waals surface area contributed by atoms with Crippen LogP contribution >= 0.6 is 11.3 Å². The largest absolute Gasteiger partial charge is 0.462 e. The van der Waals surface area contributed by atoms with E-state index < -0.39 is 0 Å². The van der Waals surface area contributed by atoms with E-state index in [0.29, 0.717) is 36.0 Å². The summed E-state index contributed by atoms with van der Waals surface area (Å²) < 4.78 is 11.4. The third-order valence-electron chi connectivity index (χ3n) is 5.02. The minimum absolute atomic E-state index is 0.0419. The van der Waals surface area contributed by atoms with Gasteiger partial charge < -0.3 is 9.15 Å². The number of aryl methyl sites for hydroxylation is 1. The molecule has 0 aliphatic heterocycles. The zero-order chi connectivity index (χ0) is 17.8. The Morgan fingerprint density at radius 3 is 2.96 bits per heavy atom. The number of aromatic nitrogens is 2. The van der Waals surface area contributed by atoms with Crippen LogP contribution in [0.5, 0.6) is 0 Å². The monoisotopic (exact) mass is 362 g/mol. The highest BCUT2D eigenvalue weighted by Crippen LogP contribution is 2.35. The maximum Gasteiger partial charge on any atom is 0.306 e. The molecule has 6 heteroatoms. The molecular formula is C19H26N2O3S. The fraction of sp³-hybridized carbons (Fsp3) is 0.632. The molecule has 1 saturated carbocycles. The lowest BCUT2D eigenvalue weighted by molar-refractivity contribution is -0.156. The van der Waals surface area contributed by atoms with Gasteiger partial charge in [0.15, 0.2) is 0 Å². The summed E-state index contributed by atoms with van der Waals surface area (Å²) in [7, 11) is 0. The molecule has 2 heterocycles. The van der Waals surface area contributed by atoms with E-state index in [4.69, 9.17) is 9.15 Å². The second-order valence-corrected chi connectivity index (χ2v) is 8.15. The van der Waals surface area contributed by atoms with Gasteiger partial charge in [0.05, 0.1) is 6.42 Å². The SMILES string of the molecule is CC(C)[C@H]1CC[C@H](C)C[C@H]1OC(=O)CCc1nnc(-c2ccsc2)o1. The van der Waals surface area contributed by atoms with Crippen molar-refractivity contribution in [1.29, 1.82) is 0 Å². The van der Waals surface area contributed by atoms with Crippen molar-refractivity contribution in [3.63, 3.8) is 0 Å². The van der Waals surface area contributed by atoms with Gasteiger partial charge in [-0.3, -0.25) is 4.79 Å². The molecular weight excluding hydrogens is 336 g/mol. The van der Waals surface area contributed by atoms with Gasteiger partial charge in [-0.2, -0.15) is 11.3 Å². The molecule has 1 fully saturated rings. The zero-order valence-electron chi connectivity index (χ0n) is 15.1. The van der Waals surface area contributed by atoms with Gasteiger partial charge in [0.1, 0.15) is 6.10 Å². The number of thiophene rings is 1. The van der Waals surface area contributed by atoms with E-state index in [1.54, 1.807) is 11.3 Å². The first kappa shape index (κ1) is 18.1. The average Bonchev–Trinajstić information content (AvgIpc) is 3.24. The van der Waals surface area contributed by atoms with Crippen LogP contribution in [-0.2, 0) is 16.0 Å². The highest BCUT2D eigenvalue weighted by molar-refractivity contribution is 7.08. The molecule has 2 aromatic rings. The van der Waals surface area contributed by atoms with Crippen LogP contribution < -0.4 is 0 Å². The maximum absolute atomic E-state index is 12.3. The highest BCUT2D eigenvalue weighted by atomic mass is 32.1. The molecule has 0 amide bonds. The molecule has 1 aliphatic rings. The Hall–Kier alpha value is -1.69. The van der Waals surface area contributed by atoms with Gasteiger partial charge in [-0.05, 0) is 42.0 Å². The average molecular weight is 362 g/mol. The molecule has 136 valence electrons. The Balaban J connectivity index is 1.52. The molecule has 0 saturated heterocycles. The Labute approximate surface area is 152 Å². The second-order valence-electron chi connectivity index (χ2n) is 7.37. The van der Waals surface area contributed by atoms with Crippen molar-refractivity contribution in [3.8, 4) is 11.5 Å². The predicted octanol–water partition coefficient (Wildman–Crippen LogP) is 4.73. The van der Waals surface area contributed by atoms with Gasteiger partial charge in [-0.25, -0.2) is 0 Å². The number of esters is 1. The summed E-state index contributed by atoms with van der Waals surface area (Å²) in [6, 6.07) is 1.94. The quantitative estimate of drug-likeness (QED) is 0.695. The van der Waals surface area contributed by atoms with E-state index >= 15 is 0 Å². The molecule has 3 rings (SSSR count). The van der Waals surface area contributed by atoms with Gasteiger partial charge in [0.2, 0.25) is 11.8 Å². The van der Waals surface area contributed by atoms with Crippen LogP contribution in [0.2, 0.25) is 0 Å². The van der Waals surface area contributed by atoms with Crippen LogP contribution in [0, 0.1) is 17.8 Å². The highest BCUT2D eigenvalue weighted by Gasteiger charge is 2.33. The first-order valence-electron chi connectivity index (χ1n) is 9.07. The van der Waals surface area contributed by atoms with E-state index in [0.717, 1.165) is 18.4 Å². The third kappa shape index (κ3) is 4.69. The van der Waals surface area contributed by atoms with Crippen LogP contribution in [0.4, 0.5) is 0 Å². The molecule has 0 spiro atoms. The summed E-state index contributed by atoms with van der Waals surface area (Å²) in [5.41, 5.74) is 0.919. The molecule has 25 heavy (non-hydrogen) atoms. The predicted molar refractivity (Wildman–Crippen MR) is 97.2 cm³/mol. The summed E-state index contributed by atoms with van der Waals surface area (Å²) >= 11 is 1.58. The fourth-order valence-corrected chi connectivity index (χ4v) is 4.17. The molecule has 1 aliphatic carbocycles. The lowest BCUT2D eigenvalue weighted by Gasteiger charge is -2.36. The number of ether oxygens (including phenoxy) is 1. The molecule has 0 radical (unpaired) electrons. The molecule has 2 aromatic heterocycles. The van der Waals surface area contributed by atoms with Crippen molar-refractivity contribution >= 4 is 17.3 Å².